The Kier molecular flexibility index (Phi) is 4.77. The van der Waals surface area contributed by atoms with Crippen LogP contribution in [0.1, 0.15) is 44.2 Å². The molecule has 0 heterocycles. The second-order valence-electron chi connectivity index (χ2n) is 5.58. The number of hydrogen-bond donors (Lipinski definition) is 2. The van der Waals surface area contributed by atoms with Crippen molar-refractivity contribution in [3.63, 3.8) is 0 Å². The van der Waals surface area contributed by atoms with Gasteiger partial charge in [0, 0.05) is 6.42 Å². The van der Waals surface area contributed by atoms with E-state index in [4.69, 9.17) is 0 Å². The molecule has 1 aliphatic rings. The van der Waals surface area contributed by atoms with Crippen molar-refractivity contribution in [3.8, 4) is 0 Å². The van der Waals surface area contributed by atoms with E-state index in [1.807, 2.05) is 30.3 Å². The molecule has 0 spiro atoms. The Morgan fingerprint density at radius 3 is 2.45 bits per heavy atom. The number of benzene rings is 1. The maximum atomic E-state index is 12.1. The van der Waals surface area contributed by atoms with Crippen molar-refractivity contribution < 1.29 is 14.7 Å². The van der Waals surface area contributed by atoms with Crippen molar-refractivity contribution in [3.05, 3.63) is 35.9 Å². The minimum Gasteiger partial charge on any atom is -0.481 e. The molecular formula is C16H21NO3. The summed E-state index contributed by atoms with van der Waals surface area (Å²) >= 11 is 0. The van der Waals surface area contributed by atoms with Crippen LogP contribution >= 0.6 is 0 Å². The molecule has 0 aromatic heterocycles. The van der Waals surface area contributed by atoms with Gasteiger partial charge in [-0.25, -0.2) is 0 Å². The van der Waals surface area contributed by atoms with E-state index in [0.29, 0.717) is 12.3 Å². The molecule has 0 aliphatic heterocycles. The third-order valence-electron chi connectivity index (χ3n) is 4.06. The molecular weight excluding hydrogens is 254 g/mol. The van der Waals surface area contributed by atoms with E-state index in [2.05, 4.69) is 5.32 Å². The number of carboxylic acid groups (broad SMARTS) is 1. The van der Waals surface area contributed by atoms with Gasteiger partial charge in [-0.2, -0.15) is 0 Å². The zero-order chi connectivity index (χ0) is 14.5. The van der Waals surface area contributed by atoms with Crippen LogP contribution in [0, 0.1) is 11.8 Å². The van der Waals surface area contributed by atoms with Crippen molar-refractivity contribution in [2.45, 2.75) is 38.6 Å². The Bertz CT molecular complexity index is 468. The number of aliphatic carboxylic acids is 1. The highest BCUT2D eigenvalue weighted by Crippen LogP contribution is 2.30. The molecule has 1 saturated carbocycles. The van der Waals surface area contributed by atoms with Crippen LogP contribution in [0.5, 0.6) is 0 Å². The smallest absolute Gasteiger partial charge is 0.308 e. The summed E-state index contributed by atoms with van der Waals surface area (Å²) in [6.07, 6.45) is 3.93. The first-order chi connectivity index (χ1) is 9.58. The van der Waals surface area contributed by atoms with E-state index < -0.39 is 17.9 Å². The third-order valence-corrected chi connectivity index (χ3v) is 4.06. The highest BCUT2D eigenvalue weighted by Gasteiger charge is 2.28. The quantitative estimate of drug-likeness (QED) is 0.839. The third kappa shape index (κ3) is 3.59. The maximum absolute atomic E-state index is 12.1. The van der Waals surface area contributed by atoms with E-state index in [-0.39, 0.29) is 5.91 Å². The van der Waals surface area contributed by atoms with Crippen LogP contribution in [0.15, 0.2) is 30.3 Å². The molecule has 108 valence electrons. The van der Waals surface area contributed by atoms with Gasteiger partial charge in [-0.15, -0.1) is 0 Å². The molecule has 20 heavy (non-hydrogen) atoms. The molecule has 4 nitrogen and oxygen atoms in total. The minimum absolute atomic E-state index is 0.0448. The van der Waals surface area contributed by atoms with Crippen LogP contribution in [0.3, 0.4) is 0 Å². The van der Waals surface area contributed by atoms with Gasteiger partial charge in [0.15, 0.2) is 0 Å². The Morgan fingerprint density at radius 2 is 1.95 bits per heavy atom. The molecule has 1 aromatic rings. The Hall–Kier alpha value is -1.84. The predicted molar refractivity (Wildman–Crippen MR) is 76.1 cm³/mol. The number of carbonyl (C=O) groups is 2. The fourth-order valence-corrected chi connectivity index (χ4v) is 2.49. The molecule has 2 atom stereocenters. The van der Waals surface area contributed by atoms with Gasteiger partial charge in [0.25, 0.3) is 0 Å². The van der Waals surface area contributed by atoms with Crippen molar-refractivity contribution in [1.82, 2.24) is 5.32 Å². The SMILES string of the molecule is CC(C(=O)O)C(NC(=O)CC1CCC1)c1ccccc1. The van der Waals surface area contributed by atoms with Crippen LogP contribution in [0.2, 0.25) is 0 Å². The van der Waals surface area contributed by atoms with Gasteiger partial charge in [0.1, 0.15) is 0 Å². The highest BCUT2D eigenvalue weighted by molar-refractivity contribution is 5.78. The lowest BCUT2D eigenvalue weighted by Gasteiger charge is -2.27. The molecule has 2 N–H and O–H groups in total. The van der Waals surface area contributed by atoms with Gasteiger partial charge in [-0.3, -0.25) is 9.59 Å². The zero-order valence-corrected chi connectivity index (χ0v) is 11.7. The lowest BCUT2D eigenvalue weighted by atomic mass is 9.82. The molecule has 2 rings (SSSR count). The first kappa shape index (κ1) is 14.6. The average molecular weight is 275 g/mol. The number of rotatable bonds is 6. The van der Waals surface area contributed by atoms with E-state index in [1.165, 1.54) is 6.42 Å². The van der Waals surface area contributed by atoms with E-state index in [1.54, 1.807) is 6.92 Å². The molecule has 2 unspecified atom stereocenters. The second-order valence-corrected chi connectivity index (χ2v) is 5.58. The average Bonchev–Trinajstić information content (AvgIpc) is 2.40. The lowest BCUT2D eigenvalue weighted by molar-refractivity contribution is -0.142. The first-order valence-corrected chi connectivity index (χ1v) is 7.15. The van der Waals surface area contributed by atoms with Gasteiger partial charge in [-0.05, 0) is 31.2 Å². The number of nitrogens with one attached hydrogen (secondary N) is 1. The van der Waals surface area contributed by atoms with Gasteiger partial charge in [0.05, 0.1) is 12.0 Å². The summed E-state index contributed by atoms with van der Waals surface area (Å²) in [7, 11) is 0. The largest absolute Gasteiger partial charge is 0.481 e. The van der Waals surface area contributed by atoms with Gasteiger partial charge in [0.2, 0.25) is 5.91 Å². The normalized spacial score (nSPS) is 17.9. The Balaban J connectivity index is 2.06. The minimum atomic E-state index is -0.900. The van der Waals surface area contributed by atoms with E-state index >= 15 is 0 Å². The molecule has 0 radical (unpaired) electrons. The van der Waals surface area contributed by atoms with E-state index in [9.17, 15) is 14.7 Å². The van der Waals surface area contributed by atoms with Crippen molar-refractivity contribution in [2.24, 2.45) is 11.8 Å². The summed E-state index contributed by atoms with van der Waals surface area (Å²) in [4.78, 5) is 23.3. The number of carbonyl (C=O) groups excluding carboxylic acids is 1. The van der Waals surface area contributed by atoms with Crippen molar-refractivity contribution >= 4 is 11.9 Å². The summed E-state index contributed by atoms with van der Waals surface area (Å²) < 4.78 is 0. The Morgan fingerprint density at radius 1 is 1.30 bits per heavy atom. The van der Waals surface area contributed by atoms with Crippen LogP contribution < -0.4 is 5.32 Å². The topological polar surface area (TPSA) is 66.4 Å². The molecule has 1 fully saturated rings. The summed E-state index contributed by atoms with van der Waals surface area (Å²) in [6, 6.07) is 8.83. The van der Waals surface area contributed by atoms with Crippen LogP contribution in [0.4, 0.5) is 0 Å². The summed E-state index contributed by atoms with van der Waals surface area (Å²) in [5, 5.41) is 12.1. The van der Waals surface area contributed by atoms with Crippen LogP contribution in [-0.2, 0) is 9.59 Å². The zero-order valence-electron chi connectivity index (χ0n) is 11.7. The van der Waals surface area contributed by atoms with Crippen LogP contribution in [0.25, 0.3) is 0 Å². The fourth-order valence-electron chi connectivity index (χ4n) is 2.49. The lowest BCUT2D eigenvalue weighted by Crippen LogP contribution is -2.37. The molecule has 0 bridgehead atoms. The van der Waals surface area contributed by atoms with Crippen molar-refractivity contribution in [2.75, 3.05) is 0 Å². The highest BCUT2D eigenvalue weighted by atomic mass is 16.4. The fraction of sp³-hybridized carbons (Fsp3) is 0.500. The van der Waals surface area contributed by atoms with Gasteiger partial charge < -0.3 is 10.4 Å². The summed E-state index contributed by atoms with van der Waals surface area (Å²) in [5.74, 6) is -1.12. The van der Waals surface area contributed by atoms with E-state index in [0.717, 1.165) is 18.4 Å². The Labute approximate surface area is 119 Å². The van der Waals surface area contributed by atoms with Crippen molar-refractivity contribution in [1.29, 1.82) is 0 Å². The molecule has 1 aliphatic carbocycles. The number of amides is 1. The maximum Gasteiger partial charge on any atom is 0.308 e. The monoisotopic (exact) mass is 275 g/mol. The van der Waals surface area contributed by atoms with Gasteiger partial charge in [-0.1, -0.05) is 36.8 Å². The molecule has 1 amide bonds. The molecule has 1 aromatic carbocycles. The number of carboxylic acids is 1. The summed E-state index contributed by atoms with van der Waals surface area (Å²) in [6.45, 7) is 1.63. The number of hydrogen-bond acceptors (Lipinski definition) is 2. The molecule has 4 heteroatoms. The first-order valence-electron chi connectivity index (χ1n) is 7.15. The molecule has 0 saturated heterocycles. The van der Waals surface area contributed by atoms with Gasteiger partial charge >= 0.3 is 5.97 Å². The second kappa shape index (κ2) is 6.55. The predicted octanol–water partition coefficient (Wildman–Crippen LogP) is 2.75. The standard InChI is InChI=1S/C16H21NO3/c1-11(16(19)20)15(13-8-3-2-4-9-13)17-14(18)10-12-6-5-7-12/h2-4,8-9,11-12,15H,5-7,10H2,1H3,(H,17,18)(H,19,20). The summed E-state index contributed by atoms with van der Waals surface area (Å²) in [5.41, 5.74) is 0.837. The van der Waals surface area contributed by atoms with Crippen LogP contribution in [-0.4, -0.2) is 17.0 Å².